The third kappa shape index (κ3) is 2.75. The van der Waals surface area contributed by atoms with Crippen LogP contribution in [0.3, 0.4) is 0 Å². The van der Waals surface area contributed by atoms with Gasteiger partial charge in [0, 0.05) is 30.5 Å². The van der Waals surface area contributed by atoms with Gasteiger partial charge in [-0.3, -0.25) is 0 Å². The second-order valence-electron chi connectivity index (χ2n) is 6.59. The van der Waals surface area contributed by atoms with E-state index >= 15 is 0 Å². The number of aliphatic hydroxyl groups is 1. The Balaban J connectivity index is 1.97. The van der Waals surface area contributed by atoms with Gasteiger partial charge in [0.2, 0.25) is 0 Å². The normalized spacial score (nSPS) is 29.1. The average molecular weight is 293 g/mol. The lowest BCUT2D eigenvalue weighted by Gasteiger charge is -2.42. The number of piperidine rings is 1. The molecule has 114 valence electrons. The van der Waals surface area contributed by atoms with E-state index in [0.29, 0.717) is 12.5 Å². The highest BCUT2D eigenvalue weighted by atomic mass is 16.3. The van der Waals surface area contributed by atoms with Crippen LogP contribution in [0, 0.1) is 17.8 Å². The van der Waals surface area contributed by atoms with E-state index < -0.39 is 5.60 Å². The molecule has 0 saturated carbocycles. The Bertz CT molecular complexity index is 737. The van der Waals surface area contributed by atoms with E-state index in [1.54, 1.807) is 0 Å². The van der Waals surface area contributed by atoms with E-state index in [2.05, 4.69) is 55.8 Å². The summed E-state index contributed by atoms with van der Waals surface area (Å²) in [5, 5.41) is 13.3. The molecule has 1 N–H and O–H groups in total. The van der Waals surface area contributed by atoms with Crippen LogP contribution in [0.4, 0.5) is 0 Å². The maximum absolute atomic E-state index is 11.0. The molecule has 0 radical (unpaired) electrons. The molecule has 1 fully saturated rings. The highest BCUT2D eigenvalue weighted by Gasteiger charge is 2.39. The van der Waals surface area contributed by atoms with E-state index in [1.165, 1.54) is 5.39 Å². The molecule has 1 aliphatic rings. The van der Waals surface area contributed by atoms with Crippen molar-refractivity contribution in [3.8, 4) is 11.8 Å². The largest absolute Gasteiger partial charge is 0.377 e. The second-order valence-corrected chi connectivity index (χ2v) is 6.59. The molecule has 0 amide bonds. The number of hydrogen-bond donors (Lipinski definition) is 1. The molecule has 2 aromatic carbocycles. The molecule has 2 heteroatoms. The average Bonchev–Trinajstić information content (AvgIpc) is 2.51. The van der Waals surface area contributed by atoms with Crippen molar-refractivity contribution in [3.05, 3.63) is 48.0 Å². The molecule has 3 rings (SSSR count). The lowest BCUT2D eigenvalue weighted by Crippen LogP contribution is -2.52. The van der Waals surface area contributed by atoms with Crippen LogP contribution in [0.25, 0.3) is 10.8 Å². The molecule has 1 aliphatic heterocycles. The molecule has 22 heavy (non-hydrogen) atoms. The molecule has 1 heterocycles. The topological polar surface area (TPSA) is 23.5 Å². The van der Waals surface area contributed by atoms with Crippen molar-refractivity contribution in [2.75, 3.05) is 13.6 Å². The zero-order chi connectivity index (χ0) is 15.7. The second kappa shape index (κ2) is 5.76. The van der Waals surface area contributed by atoms with Crippen molar-refractivity contribution in [3.63, 3.8) is 0 Å². The summed E-state index contributed by atoms with van der Waals surface area (Å²) < 4.78 is 0. The standard InChI is InChI=1S/C20H23NO/c1-15-14-21(3)16(2)13-20(15,22)12-11-18-9-6-8-17-7-4-5-10-19(17)18/h4-10,15-16,22H,13-14H2,1-3H3/t15-,16+,20-/m0/s1. The number of rotatable bonds is 0. The summed E-state index contributed by atoms with van der Waals surface area (Å²) in [6.45, 7) is 5.11. The molecule has 3 atom stereocenters. The molecular weight excluding hydrogens is 270 g/mol. The third-order valence-corrected chi connectivity index (χ3v) is 4.94. The summed E-state index contributed by atoms with van der Waals surface area (Å²) >= 11 is 0. The Morgan fingerprint density at radius 1 is 1.14 bits per heavy atom. The minimum atomic E-state index is -0.900. The molecule has 2 aromatic rings. The fourth-order valence-electron chi connectivity index (χ4n) is 3.25. The Morgan fingerprint density at radius 3 is 2.68 bits per heavy atom. The number of nitrogens with zero attached hydrogens (tertiary/aromatic N) is 1. The maximum atomic E-state index is 11.0. The van der Waals surface area contributed by atoms with Gasteiger partial charge in [0.15, 0.2) is 0 Å². The van der Waals surface area contributed by atoms with Crippen LogP contribution in [0.15, 0.2) is 42.5 Å². The zero-order valence-electron chi connectivity index (χ0n) is 13.5. The van der Waals surface area contributed by atoms with Gasteiger partial charge in [-0.2, -0.15) is 0 Å². The van der Waals surface area contributed by atoms with E-state index in [1.807, 2.05) is 24.3 Å². The molecule has 0 aromatic heterocycles. The fraction of sp³-hybridized carbons (Fsp3) is 0.400. The predicted molar refractivity (Wildman–Crippen MR) is 91.6 cm³/mol. The fourth-order valence-corrected chi connectivity index (χ4v) is 3.25. The van der Waals surface area contributed by atoms with E-state index in [0.717, 1.165) is 17.5 Å². The maximum Gasteiger partial charge on any atom is 0.131 e. The number of fused-ring (bicyclic) bond motifs is 1. The molecule has 2 nitrogen and oxygen atoms in total. The zero-order valence-corrected chi connectivity index (χ0v) is 13.5. The van der Waals surface area contributed by atoms with Crippen molar-refractivity contribution in [2.45, 2.75) is 31.9 Å². The van der Waals surface area contributed by atoms with Gasteiger partial charge in [-0.05, 0) is 30.8 Å². The lowest BCUT2D eigenvalue weighted by molar-refractivity contribution is -0.0346. The van der Waals surface area contributed by atoms with Gasteiger partial charge < -0.3 is 10.0 Å². The van der Waals surface area contributed by atoms with Crippen LogP contribution >= 0.6 is 0 Å². The van der Waals surface area contributed by atoms with Gasteiger partial charge in [-0.15, -0.1) is 0 Å². The van der Waals surface area contributed by atoms with E-state index in [4.69, 9.17) is 0 Å². The molecule has 0 bridgehead atoms. The van der Waals surface area contributed by atoms with Crippen molar-refractivity contribution in [2.24, 2.45) is 5.92 Å². The summed E-state index contributed by atoms with van der Waals surface area (Å²) in [7, 11) is 2.11. The predicted octanol–water partition coefficient (Wildman–Crippen LogP) is 3.28. The van der Waals surface area contributed by atoms with Crippen molar-refractivity contribution < 1.29 is 5.11 Å². The minimum Gasteiger partial charge on any atom is -0.377 e. The molecular formula is C20H23NO. The van der Waals surface area contributed by atoms with Crippen molar-refractivity contribution >= 4 is 10.8 Å². The SMILES string of the molecule is C[C@@H]1C[C@@](O)(C#Cc2cccc3ccccc23)[C@@H](C)CN1C. The Labute approximate surface area is 132 Å². The minimum absolute atomic E-state index is 0.149. The van der Waals surface area contributed by atoms with Gasteiger partial charge in [0.1, 0.15) is 5.60 Å². The van der Waals surface area contributed by atoms with Gasteiger partial charge in [0.05, 0.1) is 0 Å². The van der Waals surface area contributed by atoms with Crippen LogP contribution in [-0.2, 0) is 0 Å². The molecule has 0 unspecified atom stereocenters. The first kappa shape index (κ1) is 15.1. The highest BCUT2D eigenvalue weighted by molar-refractivity contribution is 5.88. The summed E-state index contributed by atoms with van der Waals surface area (Å²) in [5.74, 6) is 6.58. The van der Waals surface area contributed by atoms with Gasteiger partial charge >= 0.3 is 0 Å². The van der Waals surface area contributed by atoms with Crippen LogP contribution in [0.2, 0.25) is 0 Å². The Kier molecular flexibility index (Phi) is 3.95. The number of likely N-dealkylation sites (tertiary alicyclic amines) is 1. The number of hydrogen-bond acceptors (Lipinski definition) is 2. The van der Waals surface area contributed by atoms with Gasteiger partial charge in [0.25, 0.3) is 0 Å². The van der Waals surface area contributed by atoms with Crippen molar-refractivity contribution in [1.82, 2.24) is 4.90 Å². The Hall–Kier alpha value is -1.82. The lowest BCUT2D eigenvalue weighted by atomic mass is 9.79. The highest BCUT2D eigenvalue weighted by Crippen LogP contribution is 2.30. The van der Waals surface area contributed by atoms with Crippen LogP contribution in [0.5, 0.6) is 0 Å². The van der Waals surface area contributed by atoms with Crippen LogP contribution in [-0.4, -0.2) is 35.2 Å². The first-order valence-corrected chi connectivity index (χ1v) is 7.93. The van der Waals surface area contributed by atoms with Gasteiger partial charge in [-0.1, -0.05) is 55.2 Å². The van der Waals surface area contributed by atoms with Crippen LogP contribution in [0.1, 0.15) is 25.8 Å². The third-order valence-electron chi connectivity index (χ3n) is 4.94. The summed E-state index contributed by atoms with van der Waals surface area (Å²) in [4.78, 5) is 2.29. The van der Waals surface area contributed by atoms with E-state index in [9.17, 15) is 5.11 Å². The van der Waals surface area contributed by atoms with Gasteiger partial charge in [-0.25, -0.2) is 0 Å². The monoisotopic (exact) mass is 293 g/mol. The first-order chi connectivity index (χ1) is 10.5. The van der Waals surface area contributed by atoms with Crippen molar-refractivity contribution in [1.29, 1.82) is 0 Å². The number of benzene rings is 2. The first-order valence-electron chi connectivity index (χ1n) is 7.93. The summed E-state index contributed by atoms with van der Waals surface area (Å²) in [6.07, 6.45) is 0.697. The molecule has 0 aliphatic carbocycles. The molecule has 1 saturated heterocycles. The quantitative estimate of drug-likeness (QED) is 0.754. The van der Waals surface area contributed by atoms with Crippen LogP contribution < -0.4 is 0 Å². The molecule has 0 spiro atoms. The van der Waals surface area contributed by atoms with E-state index in [-0.39, 0.29) is 5.92 Å². The Morgan fingerprint density at radius 2 is 1.86 bits per heavy atom. The smallest absolute Gasteiger partial charge is 0.131 e. The summed E-state index contributed by atoms with van der Waals surface area (Å²) in [6, 6.07) is 14.7. The summed E-state index contributed by atoms with van der Waals surface area (Å²) in [5.41, 5.74) is 0.0911.